The van der Waals surface area contributed by atoms with Gasteiger partial charge in [-0.15, -0.1) is 11.3 Å². The van der Waals surface area contributed by atoms with Crippen LogP contribution in [0.5, 0.6) is 0 Å². The fourth-order valence-corrected chi connectivity index (χ4v) is 2.63. The maximum atomic E-state index is 12.8. The molecule has 1 N–H and O–H groups in total. The number of thiophene rings is 1. The number of rotatable bonds is 5. The number of likely N-dealkylation sites (N-methyl/N-ethyl adjacent to an activating group) is 1. The molecule has 1 heterocycles. The standard InChI is InChI=1S/C17H17FN2O2S/c1-12-3-8-15(23-12)9-10-17(22)20(2)11-16(21)19-14-6-4-13(18)5-7-14/h3-10H,11H2,1-2H3,(H,19,21)/b10-9+. The minimum atomic E-state index is -0.371. The van der Waals surface area contributed by atoms with Gasteiger partial charge in [0, 0.05) is 28.6 Å². The van der Waals surface area contributed by atoms with Crippen molar-refractivity contribution in [1.82, 2.24) is 4.90 Å². The first-order chi connectivity index (χ1) is 10.9. The van der Waals surface area contributed by atoms with Gasteiger partial charge in [-0.3, -0.25) is 9.59 Å². The molecule has 1 aromatic carbocycles. The van der Waals surface area contributed by atoms with Crippen LogP contribution >= 0.6 is 11.3 Å². The smallest absolute Gasteiger partial charge is 0.246 e. The highest BCUT2D eigenvalue weighted by atomic mass is 32.1. The number of aryl methyl sites for hydroxylation is 1. The van der Waals surface area contributed by atoms with Crippen LogP contribution in [0, 0.1) is 12.7 Å². The van der Waals surface area contributed by atoms with E-state index >= 15 is 0 Å². The lowest BCUT2D eigenvalue weighted by Crippen LogP contribution is -2.33. The van der Waals surface area contributed by atoms with Crippen molar-refractivity contribution < 1.29 is 14.0 Å². The number of carbonyl (C=O) groups is 2. The highest BCUT2D eigenvalue weighted by Crippen LogP contribution is 2.16. The number of amides is 2. The molecule has 2 amide bonds. The monoisotopic (exact) mass is 332 g/mol. The van der Waals surface area contributed by atoms with E-state index in [1.54, 1.807) is 24.5 Å². The van der Waals surface area contributed by atoms with Crippen molar-refractivity contribution in [2.24, 2.45) is 0 Å². The summed E-state index contributed by atoms with van der Waals surface area (Å²) in [5.74, 6) is -0.970. The zero-order chi connectivity index (χ0) is 16.8. The van der Waals surface area contributed by atoms with Gasteiger partial charge in [0.15, 0.2) is 0 Å². The SMILES string of the molecule is Cc1ccc(/C=C/C(=O)N(C)CC(=O)Nc2ccc(F)cc2)s1. The minimum absolute atomic E-state index is 0.0793. The third kappa shape index (κ3) is 5.34. The van der Waals surface area contributed by atoms with E-state index in [0.717, 1.165) is 4.88 Å². The Bertz CT molecular complexity index is 722. The predicted octanol–water partition coefficient (Wildman–Crippen LogP) is 3.31. The highest BCUT2D eigenvalue weighted by Gasteiger charge is 2.10. The molecular formula is C17H17FN2O2S. The summed E-state index contributed by atoms with van der Waals surface area (Å²) in [6, 6.07) is 9.37. The molecular weight excluding hydrogens is 315 g/mol. The average molecular weight is 332 g/mol. The first-order valence-electron chi connectivity index (χ1n) is 6.99. The number of hydrogen-bond donors (Lipinski definition) is 1. The Balaban J connectivity index is 1.86. The number of benzene rings is 1. The van der Waals surface area contributed by atoms with Crippen LogP contribution in [0.2, 0.25) is 0 Å². The van der Waals surface area contributed by atoms with Crippen LogP contribution in [0.4, 0.5) is 10.1 Å². The van der Waals surface area contributed by atoms with Crippen LogP contribution in [0.1, 0.15) is 9.75 Å². The molecule has 0 aliphatic rings. The van der Waals surface area contributed by atoms with E-state index in [-0.39, 0.29) is 24.2 Å². The Morgan fingerprint density at radius 1 is 1.22 bits per heavy atom. The average Bonchev–Trinajstić information content (AvgIpc) is 2.92. The van der Waals surface area contributed by atoms with E-state index in [4.69, 9.17) is 0 Å². The molecule has 120 valence electrons. The fraction of sp³-hybridized carbons (Fsp3) is 0.176. The molecule has 0 spiro atoms. The number of nitrogens with zero attached hydrogens (tertiary/aromatic N) is 1. The summed E-state index contributed by atoms with van der Waals surface area (Å²) >= 11 is 1.59. The zero-order valence-corrected chi connectivity index (χ0v) is 13.7. The van der Waals surface area contributed by atoms with Crippen molar-refractivity contribution in [3.63, 3.8) is 0 Å². The van der Waals surface area contributed by atoms with E-state index in [1.165, 1.54) is 40.1 Å². The van der Waals surface area contributed by atoms with Crippen LogP contribution in [0.3, 0.4) is 0 Å². The van der Waals surface area contributed by atoms with Gasteiger partial charge in [0.05, 0.1) is 6.54 Å². The highest BCUT2D eigenvalue weighted by molar-refractivity contribution is 7.12. The molecule has 0 fully saturated rings. The maximum absolute atomic E-state index is 12.8. The van der Waals surface area contributed by atoms with Gasteiger partial charge in [-0.2, -0.15) is 0 Å². The Kier molecular flexibility index (Phi) is 5.65. The van der Waals surface area contributed by atoms with Gasteiger partial charge < -0.3 is 10.2 Å². The first-order valence-corrected chi connectivity index (χ1v) is 7.81. The van der Waals surface area contributed by atoms with Crippen molar-refractivity contribution in [1.29, 1.82) is 0 Å². The van der Waals surface area contributed by atoms with E-state index in [2.05, 4.69) is 5.32 Å². The molecule has 0 atom stereocenters. The van der Waals surface area contributed by atoms with Crippen molar-refractivity contribution in [3.05, 3.63) is 58.0 Å². The van der Waals surface area contributed by atoms with E-state index in [0.29, 0.717) is 5.69 Å². The predicted molar refractivity (Wildman–Crippen MR) is 90.8 cm³/mol. The molecule has 0 saturated carbocycles. The van der Waals surface area contributed by atoms with Crippen LogP contribution < -0.4 is 5.32 Å². The van der Waals surface area contributed by atoms with Gasteiger partial charge in [0.2, 0.25) is 11.8 Å². The molecule has 0 bridgehead atoms. The molecule has 6 heteroatoms. The Morgan fingerprint density at radius 2 is 1.91 bits per heavy atom. The maximum Gasteiger partial charge on any atom is 0.246 e. The van der Waals surface area contributed by atoms with Gasteiger partial charge in [0.1, 0.15) is 5.82 Å². The molecule has 1 aromatic heterocycles. The van der Waals surface area contributed by atoms with Crippen LogP contribution in [0.15, 0.2) is 42.5 Å². The van der Waals surface area contributed by atoms with E-state index < -0.39 is 0 Å². The molecule has 0 radical (unpaired) electrons. The number of nitrogens with one attached hydrogen (secondary N) is 1. The number of hydrogen-bond acceptors (Lipinski definition) is 3. The second kappa shape index (κ2) is 7.69. The van der Waals surface area contributed by atoms with Crippen molar-refractivity contribution in [2.75, 3.05) is 18.9 Å². The summed E-state index contributed by atoms with van der Waals surface area (Å²) in [4.78, 5) is 27.3. The molecule has 2 aromatic rings. The lowest BCUT2D eigenvalue weighted by Gasteiger charge is -2.14. The Labute approximate surface area is 138 Å². The number of anilines is 1. The molecule has 4 nitrogen and oxygen atoms in total. The third-order valence-corrected chi connectivity index (χ3v) is 4.00. The molecule has 0 unspecified atom stereocenters. The Morgan fingerprint density at radius 3 is 2.52 bits per heavy atom. The molecule has 0 aliphatic carbocycles. The summed E-state index contributed by atoms with van der Waals surface area (Å²) in [6.07, 6.45) is 3.17. The van der Waals surface area contributed by atoms with Gasteiger partial charge in [-0.25, -0.2) is 4.39 Å². The van der Waals surface area contributed by atoms with Gasteiger partial charge >= 0.3 is 0 Å². The van der Waals surface area contributed by atoms with Crippen molar-refractivity contribution >= 4 is 34.9 Å². The lowest BCUT2D eigenvalue weighted by molar-refractivity contribution is -0.129. The molecule has 2 rings (SSSR count). The second-order valence-corrected chi connectivity index (χ2v) is 6.35. The first kappa shape index (κ1) is 16.9. The summed E-state index contributed by atoms with van der Waals surface area (Å²) < 4.78 is 12.8. The minimum Gasteiger partial charge on any atom is -0.333 e. The molecule has 0 aliphatic heterocycles. The quantitative estimate of drug-likeness (QED) is 0.854. The summed E-state index contributed by atoms with van der Waals surface area (Å²) in [6.45, 7) is 1.92. The van der Waals surface area contributed by atoms with Crippen LogP contribution in [-0.4, -0.2) is 30.3 Å². The lowest BCUT2D eigenvalue weighted by atomic mass is 10.3. The van der Waals surface area contributed by atoms with Gasteiger partial charge in [0.25, 0.3) is 0 Å². The fourth-order valence-electron chi connectivity index (χ4n) is 1.85. The second-order valence-electron chi connectivity index (χ2n) is 5.03. The summed E-state index contributed by atoms with van der Waals surface area (Å²) in [7, 11) is 1.55. The van der Waals surface area contributed by atoms with Crippen LogP contribution in [0.25, 0.3) is 6.08 Å². The molecule has 0 saturated heterocycles. The normalized spacial score (nSPS) is 10.7. The van der Waals surface area contributed by atoms with E-state index in [1.807, 2.05) is 19.1 Å². The number of carbonyl (C=O) groups excluding carboxylic acids is 2. The van der Waals surface area contributed by atoms with Gasteiger partial charge in [-0.1, -0.05) is 0 Å². The van der Waals surface area contributed by atoms with Crippen molar-refractivity contribution in [2.45, 2.75) is 6.92 Å². The largest absolute Gasteiger partial charge is 0.333 e. The summed E-state index contributed by atoms with van der Waals surface area (Å²) in [5, 5.41) is 2.61. The zero-order valence-electron chi connectivity index (χ0n) is 12.9. The van der Waals surface area contributed by atoms with E-state index in [9.17, 15) is 14.0 Å². The Hall–Kier alpha value is -2.47. The van der Waals surface area contributed by atoms with Crippen molar-refractivity contribution in [3.8, 4) is 0 Å². The number of halogens is 1. The van der Waals surface area contributed by atoms with Gasteiger partial charge in [-0.05, 0) is 49.4 Å². The molecule has 23 heavy (non-hydrogen) atoms. The summed E-state index contributed by atoms with van der Waals surface area (Å²) in [5.41, 5.74) is 0.488. The van der Waals surface area contributed by atoms with Crippen LogP contribution in [-0.2, 0) is 9.59 Å². The third-order valence-electron chi connectivity index (χ3n) is 3.04. The topological polar surface area (TPSA) is 49.4 Å².